The van der Waals surface area contributed by atoms with Gasteiger partial charge in [0.15, 0.2) is 0 Å². The molecule has 4 rings (SSSR count). The van der Waals surface area contributed by atoms with E-state index < -0.39 is 0 Å². The van der Waals surface area contributed by atoms with Crippen LogP contribution in [0.2, 0.25) is 0 Å². The fraction of sp³-hybridized carbons (Fsp3) is 0.300. The molecule has 6 nitrogen and oxygen atoms in total. The van der Waals surface area contributed by atoms with Gasteiger partial charge in [-0.05, 0) is 31.0 Å². The van der Waals surface area contributed by atoms with Crippen LogP contribution in [0.15, 0.2) is 48.8 Å². The topological polar surface area (TPSA) is 50.1 Å². The summed E-state index contributed by atoms with van der Waals surface area (Å²) in [6, 6.07) is 12.4. The van der Waals surface area contributed by atoms with Crippen molar-refractivity contribution in [3.63, 3.8) is 0 Å². The number of fused-ring (bicyclic) bond motifs is 1. The van der Waals surface area contributed by atoms with Gasteiger partial charge in [-0.2, -0.15) is 0 Å². The molecule has 1 aromatic carbocycles. The van der Waals surface area contributed by atoms with E-state index in [9.17, 15) is 4.79 Å². The quantitative estimate of drug-likeness (QED) is 0.674. The van der Waals surface area contributed by atoms with Gasteiger partial charge in [0.1, 0.15) is 5.65 Å². The maximum absolute atomic E-state index is 11.1. The second-order valence-electron chi connectivity index (χ2n) is 6.60. The molecule has 3 aromatic rings. The number of carbonyl (C=O) groups is 1. The molecule has 0 aliphatic carbocycles. The molecule has 0 amide bonds. The Balaban J connectivity index is 1.59. The molecule has 1 saturated heterocycles. The molecule has 134 valence electrons. The number of benzene rings is 1. The van der Waals surface area contributed by atoms with Crippen molar-refractivity contribution in [1.82, 2.24) is 9.38 Å². The van der Waals surface area contributed by atoms with Crippen LogP contribution in [0.1, 0.15) is 19.8 Å². The Labute approximate surface area is 152 Å². The van der Waals surface area contributed by atoms with Crippen LogP contribution in [0, 0.1) is 0 Å². The van der Waals surface area contributed by atoms with Crippen LogP contribution < -0.4 is 9.96 Å². The summed E-state index contributed by atoms with van der Waals surface area (Å²) in [5.74, 6) is -0.352. The zero-order valence-electron chi connectivity index (χ0n) is 15.1. The van der Waals surface area contributed by atoms with Gasteiger partial charge in [-0.3, -0.25) is 4.79 Å². The van der Waals surface area contributed by atoms with E-state index in [1.54, 1.807) is 7.05 Å². The molecule has 1 aliphatic heterocycles. The van der Waals surface area contributed by atoms with Crippen molar-refractivity contribution < 1.29 is 9.63 Å². The zero-order valence-corrected chi connectivity index (χ0v) is 15.1. The summed E-state index contributed by atoms with van der Waals surface area (Å²) in [5.41, 5.74) is 4.87. The van der Waals surface area contributed by atoms with E-state index in [4.69, 9.17) is 9.82 Å². The highest BCUT2D eigenvalue weighted by Crippen LogP contribution is 2.26. The van der Waals surface area contributed by atoms with Gasteiger partial charge < -0.3 is 14.1 Å². The number of carbonyl (C=O) groups excluding carboxylic acids is 1. The average Bonchev–Trinajstić information content (AvgIpc) is 3.30. The van der Waals surface area contributed by atoms with Gasteiger partial charge in [-0.15, -0.1) is 0 Å². The summed E-state index contributed by atoms with van der Waals surface area (Å²) >= 11 is 0. The van der Waals surface area contributed by atoms with E-state index in [0.717, 1.165) is 35.7 Å². The number of nitrogens with zero attached hydrogens (tertiary/aromatic N) is 4. The Morgan fingerprint density at radius 1 is 1.15 bits per heavy atom. The maximum atomic E-state index is 11.1. The summed E-state index contributed by atoms with van der Waals surface area (Å²) in [7, 11) is 1.70. The minimum absolute atomic E-state index is 0.352. The van der Waals surface area contributed by atoms with Gasteiger partial charge in [0.2, 0.25) is 0 Å². The van der Waals surface area contributed by atoms with Crippen LogP contribution in [-0.2, 0) is 9.63 Å². The lowest BCUT2D eigenvalue weighted by molar-refractivity contribution is -0.141. The van der Waals surface area contributed by atoms with Crippen LogP contribution in [0.4, 0.5) is 11.4 Å². The molecule has 0 bridgehead atoms. The van der Waals surface area contributed by atoms with Crippen molar-refractivity contribution >= 4 is 23.0 Å². The first-order chi connectivity index (χ1) is 12.6. The molecule has 6 heteroatoms. The second-order valence-corrected chi connectivity index (χ2v) is 6.60. The third kappa shape index (κ3) is 3.22. The molecule has 1 aliphatic rings. The summed E-state index contributed by atoms with van der Waals surface area (Å²) in [5, 5.41) is 1.45. The molecule has 26 heavy (non-hydrogen) atoms. The van der Waals surface area contributed by atoms with Crippen molar-refractivity contribution in [2.24, 2.45) is 0 Å². The van der Waals surface area contributed by atoms with Crippen molar-refractivity contribution in [1.29, 1.82) is 0 Å². The molecule has 0 radical (unpaired) electrons. The van der Waals surface area contributed by atoms with Crippen LogP contribution in [0.3, 0.4) is 0 Å². The number of aromatic nitrogens is 2. The Morgan fingerprint density at radius 2 is 1.88 bits per heavy atom. The molecule has 0 spiro atoms. The lowest BCUT2D eigenvalue weighted by Crippen LogP contribution is -2.20. The van der Waals surface area contributed by atoms with Crippen LogP contribution >= 0.6 is 0 Å². The molecule has 3 heterocycles. The Hall–Kier alpha value is -3.02. The highest BCUT2D eigenvalue weighted by Gasteiger charge is 2.13. The summed E-state index contributed by atoms with van der Waals surface area (Å²) in [6.45, 7) is 3.67. The average molecular weight is 350 g/mol. The highest BCUT2D eigenvalue weighted by molar-refractivity contribution is 5.69. The van der Waals surface area contributed by atoms with E-state index in [0.29, 0.717) is 0 Å². The smallest absolute Gasteiger partial charge is 0.329 e. The number of pyridine rings is 1. The fourth-order valence-electron chi connectivity index (χ4n) is 3.37. The Kier molecular flexibility index (Phi) is 4.24. The minimum atomic E-state index is -0.352. The monoisotopic (exact) mass is 350 g/mol. The number of imidazole rings is 1. The third-order valence-electron chi connectivity index (χ3n) is 4.71. The first kappa shape index (κ1) is 16.4. The number of hydrogen-bond donors (Lipinski definition) is 0. The molecular weight excluding hydrogens is 328 g/mol. The van der Waals surface area contributed by atoms with E-state index in [2.05, 4.69) is 29.2 Å². The molecule has 0 atom stereocenters. The molecule has 1 fully saturated rings. The SMILES string of the molecule is CC(=O)ON(C)c1ccn2cc(-c3ccc(N4CCCC4)cc3)nc2c1. The molecule has 2 aromatic heterocycles. The number of anilines is 2. The Bertz CT molecular complexity index is 927. The van der Waals surface area contributed by atoms with Gasteiger partial charge in [-0.1, -0.05) is 12.1 Å². The molecule has 0 N–H and O–H groups in total. The van der Waals surface area contributed by atoms with Crippen LogP contribution in [-0.4, -0.2) is 35.5 Å². The van der Waals surface area contributed by atoms with Crippen LogP contribution in [0.5, 0.6) is 0 Å². The third-order valence-corrected chi connectivity index (χ3v) is 4.71. The number of hydroxylamine groups is 1. The number of rotatable bonds is 4. The fourth-order valence-corrected chi connectivity index (χ4v) is 3.37. The highest BCUT2D eigenvalue weighted by atomic mass is 16.7. The van der Waals surface area contributed by atoms with E-state index in [1.165, 1.54) is 30.5 Å². The molecule has 0 saturated carbocycles. The van der Waals surface area contributed by atoms with Crippen molar-refractivity contribution in [3.8, 4) is 11.3 Å². The number of hydrogen-bond acceptors (Lipinski definition) is 5. The van der Waals surface area contributed by atoms with Gasteiger partial charge in [-0.25, -0.2) is 10.0 Å². The largest absolute Gasteiger partial charge is 0.372 e. The molecule has 0 unspecified atom stereocenters. The predicted octanol–water partition coefficient (Wildman–Crippen LogP) is 3.52. The summed E-state index contributed by atoms with van der Waals surface area (Å²) < 4.78 is 1.97. The van der Waals surface area contributed by atoms with Gasteiger partial charge in [0.25, 0.3) is 0 Å². The lowest BCUT2D eigenvalue weighted by Gasteiger charge is -2.17. The summed E-state index contributed by atoms with van der Waals surface area (Å²) in [4.78, 5) is 23.3. The second kappa shape index (κ2) is 6.71. The summed E-state index contributed by atoms with van der Waals surface area (Å²) in [6.07, 6.45) is 6.48. The predicted molar refractivity (Wildman–Crippen MR) is 102 cm³/mol. The van der Waals surface area contributed by atoms with Gasteiger partial charge >= 0.3 is 5.97 Å². The van der Waals surface area contributed by atoms with Gasteiger partial charge in [0.05, 0.1) is 11.4 Å². The first-order valence-corrected chi connectivity index (χ1v) is 8.86. The molecular formula is C20H22N4O2. The standard InChI is InChI=1S/C20H22N4O2/c1-15(25)26-22(2)18-9-12-24-14-19(21-20(24)13-18)16-5-7-17(8-6-16)23-10-3-4-11-23/h5-9,12-14H,3-4,10-11H2,1-2H3. The maximum Gasteiger partial charge on any atom is 0.329 e. The lowest BCUT2D eigenvalue weighted by atomic mass is 10.1. The Morgan fingerprint density at radius 3 is 2.58 bits per heavy atom. The van der Waals surface area contributed by atoms with Gasteiger partial charge in [0, 0.05) is 56.8 Å². The van der Waals surface area contributed by atoms with Crippen molar-refractivity contribution in [2.45, 2.75) is 19.8 Å². The zero-order chi connectivity index (χ0) is 18.1. The normalized spacial score (nSPS) is 14.0. The van der Waals surface area contributed by atoms with E-state index >= 15 is 0 Å². The van der Waals surface area contributed by atoms with Crippen molar-refractivity contribution in [2.75, 3.05) is 30.1 Å². The van der Waals surface area contributed by atoms with E-state index in [-0.39, 0.29) is 5.97 Å². The van der Waals surface area contributed by atoms with Crippen molar-refractivity contribution in [3.05, 3.63) is 48.8 Å². The minimum Gasteiger partial charge on any atom is -0.372 e. The van der Waals surface area contributed by atoms with E-state index in [1.807, 2.05) is 28.9 Å². The first-order valence-electron chi connectivity index (χ1n) is 8.86. The van der Waals surface area contributed by atoms with Crippen LogP contribution in [0.25, 0.3) is 16.9 Å².